The number of hydrogen-bond donors (Lipinski definition) is 3. The third-order valence-electron chi connectivity index (χ3n) is 5.16. The molecule has 0 radical (unpaired) electrons. The number of aliphatic carboxylic acids is 1. The predicted octanol–water partition coefficient (Wildman–Crippen LogP) is 3.94. The monoisotopic (exact) mass is 399 g/mol. The number of halogens is 2. The van der Waals surface area contributed by atoms with E-state index in [-0.39, 0.29) is 25.0 Å². The second kappa shape index (κ2) is 11.7. The van der Waals surface area contributed by atoms with Crippen molar-refractivity contribution in [3.05, 3.63) is 0 Å². The number of rotatable bonds is 14. The van der Waals surface area contributed by atoms with Gasteiger partial charge in [0, 0.05) is 34.8 Å². The van der Waals surface area contributed by atoms with Crippen molar-refractivity contribution in [2.45, 2.75) is 102 Å². The van der Waals surface area contributed by atoms with E-state index in [1.54, 1.807) is 0 Å². The Kier molecular flexibility index (Phi) is 6.43. The molecule has 0 heterocycles. The number of unbranched alkanes of at least 4 members (excludes halogenated alkanes) is 3. The van der Waals surface area contributed by atoms with Gasteiger partial charge in [-0.25, -0.2) is 8.78 Å². The van der Waals surface area contributed by atoms with Gasteiger partial charge in [-0.1, -0.05) is 32.5 Å². The SMILES string of the molecule is [2H]C([2H])([2H])C([2H])([2H])C([2H])([2H])CC(F)(F)C(O)CC[C@H]1[C@H](O)CC(=O)[C@@H]1CCCCCCC(=O)O. The van der Waals surface area contributed by atoms with Crippen LogP contribution in [0.15, 0.2) is 0 Å². The average molecular weight is 400 g/mol. The Morgan fingerprint density at radius 2 is 2.04 bits per heavy atom. The van der Waals surface area contributed by atoms with E-state index in [2.05, 4.69) is 0 Å². The van der Waals surface area contributed by atoms with Crippen LogP contribution >= 0.6 is 0 Å². The first-order valence-electron chi connectivity index (χ1n) is 12.8. The lowest BCUT2D eigenvalue weighted by Gasteiger charge is -2.26. The molecule has 3 N–H and O–H groups in total. The van der Waals surface area contributed by atoms with Gasteiger partial charge in [0.15, 0.2) is 0 Å². The Morgan fingerprint density at radius 1 is 1.33 bits per heavy atom. The van der Waals surface area contributed by atoms with Crippen LogP contribution in [0.2, 0.25) is 0 Å². The molecule has 0 spiro atoms. The zero-order chi connectivity index (χ0) is 26.5. The molecule has 1 rings (SSSR count). The maximum absolute atomic E-state index is 14.5. The van der Waals surface area contributed by atoms with Gasteiger partial charge in [-0.05, 0) is 38.0 Å². The Labute approximate surface area is 170 Å². The van der Waals surface area contributed by atoms with Gasteiger partial charge in [-0.2, -0.15) is 0 Å². The minimum atomic E-state index is -4.14. The fourth-order valence-corrected chi connectivity index (χ4v) is 3.62. The molecule has 0 aromatic heterocycles. The van der Waals surface area contributed by atoms with E-state index in [1.165, 1.54) is 0 Å². The van der Waals surface area contributed by atoms with Gasteiger partial charge in [0.05, 0.1) is 6.10 Å². The molecule has 7 heteroatoms. The number of carbonyl (C=O) groups is 2. The molecule has 4 atom stereocenters. The van der Waals surface area contributed by atoms with Crippen LogP contribution in [0, 0.1) is 11.8 Å². The molecule has 0 bridgehead atoms. The summed E-state index contributed by atoms with van der Waals surface area (Å²) >= 11 is 0. The van der Waals surface area contributed by atoms with Gasteiger partial charge in [-0.3, -0.25) is 9.59 Å². The van der Waals surface area contributed by atoms with Gasteiger partial charge >= 0.3 is 5.97 Å². The molecular weight excluding hydrogens is 358 g/mol. The highest BCUT2D eigenvalue weighted by molar-refractivity contribution is 5.84. The van der Waals surface area contributed by atoms with Crippen molar-refractivity contribution in [2.75, 3.05) is 0 Å². The van der Waals surface area contributed by atoms with Crippen molar-refractivity contribution in [2.24, 2.45) is 11.8 Å². The molecule has 158 valence electrons. The number of alkyl halides is 2. The zero-order valence-electron chi connectivity index (χ0n) is 22.3. The standard InChI is InChI=1S/C20H34F2O5/c1-2-3-12-20(21,22)18(25)11-10-15-14(16(23)13-17(15)24)8-6-4-5-7-9-19(26)27/h14-15,17-18,24-25H,2-13H2,1H3,(H,26,27)/t14-,15-,17-,18?/m1/s1/i1D3,2D2,3D2. The summed E-state index contributed by atoms with van der Waals surface area (Å²) in [7, 11) is 0. The van der Waals surface area contributed by atoms with Crippen LogP contribution in [-0.2, 0) is 9.59 Å². The van der Waals surface area contributed by atoms with Crippen molar-refractivity contribution in [3.8, 4) is 0 Å². The molecule has 1 saturated carbocycles. The molecular formula is C20H34F2O5. The number of ketones is 1. The second-order valence-electron chi connectivity index (χ2n) is 7.19. The lowest BCUT2D eigenvalue weighted by molar-refractivity contribution is -0.137. The maximum atomic E-state index is 14.5. The fourth-order valence-electron chi connectivity index (χ4n) is 3.62. The summed E-state index contributed by atoms with van der Waals surface area (Å²) < 4.78 is 80.5. The first kappa shape index (κ1) is 14.9. The number of aliphatic hydroxyl groups is 2. The quantitative estimate of drug-likeness (QED) is 0.385. The summed E-state index contributed by atoms with van der Waals surface area (Å²) in [5, 5.41) is 28.9. The van der Waals surface area contributed by atoms with Crippen LogP contribution in [-0.4, -0.2) is 45.2 Å². The highest BCUT2D eigenvalue weighted by atomic mass is 19.3. The minimum Gasteiger partial charge on any atom is -0.481 e. The molecule has 1 aliphatic rings. The number of aliphatic hydroxyl groups excluding tert-OH is 2. The normalized spacial score (nSPS) is 29.7. The number of carbonyl (C=O) groups excluding carboxylic acids is 1. The van der Waals surface area contributed by atoms with E-state index in [4.69, 9.17) is 14.7 Å². The molecule has 0 aromatic rings. The molecule has 0 aromatic carbocycles. The first-order chi connectivity index (χ1) is 15.3. The van der Waals surface area contributed by atoms with Crippen molar-refractivity contribution in [1.29, 1.82) is 0 Å². The zero-order valence-corrected chi connectivity index (χ0v) is 15.3. The Balaban J connectivity index is 2.69. The van der Waals surface area contributed by atoms with E-state index in [9.17, 15) is 28.6 Å². The van der Waals surface area contributed by atoms with Crippen LogP contribution in [0.5, 0.6) is 0 Å². The van der Waals surface area contributed by atoms with Gasteiger partial charge in [0.25, 0.3) is 5.92 Å². The predicted molar refractivity (Wildman–Crippen MR) is 97.7 cm³/mol. The van der Waals surface area contributed by atoms with Crippen LogP contribution in [0.25, 0.3) is 0 Å². The summed E-state index contributed by atoms with van der Waals surface area (Å²) in [5.74, 6) is -6.53. The summed E-state index contributed by atoms with van der Waals surface area (Å²) in [6.07, 6.45) is -10.4. The molecule has 0 saturated heterocycles. The Morgan fingerprint density at radius 3 is 2.70 bits per heavy atom. The smallest absolute Gasteiger partial charge is 0.303 e. The van der Waals surface area contributed by atoms with E-state index < -0.39 is 68.4 Å². The molecule has 1 fully saturated rings. The Hall–Kier alpha value is -1.08. The molecule has 0 aliphatic heterocycles. The average Bonchev–Trinajstić information content (AvgIpc) is 2.93. The fraction of sp³-hybridized carbons (Fsp3) is 0.900. The van der Waals surface area contributed by atoms with Crippen molar-refractivity contribution in [1.82, 2.24) is 0 Å². The van der Waals surface area contributed by atoms with Crippen molar-refractivity contribution in [3.63, 3.8) is 0 Å². The lowest BCUT2D eigenvalue weighted by Crippen LogP contribution is -2.34. The third-order valence-corrected chi connectivity index (χ3v) is 5.16. The first-order valence-corrected chi connectivity index (χ1v) is 9.32. The topological polar surface area (TPSA) is 94.8 Å². The van der Waals surface area contributed by atoms with E-state index in [0.29, 0.717) is 32.1 Å². The number of Topliss-reactive ketones (excluding diaryl/α,β-unsaturated/α-hetero) is 1. The Bertz CT molecular complexity index is 703. The maximum Gasteiger partial charge on any atom is 0.303 e. The van der Waals surface area contributed by atoms with E-state index in [1.807, 2.05) is 0 Å². The highest BCUT2D eigenvalue weighted by Gasteiger charge is 2.43. The van der Waals surface area contributed by atoms with Gasteiger partial charge in [0.2, 0.25) is 0 Å². The van der Waals surface area contributed by atoms with E-state index >= 15 is 0 Å². The number of carboxylic acid groups (broad SMARTS) is 1. The molecule has 0 amide bonds. The van der Waals surface area contributed by atoms with Crippen LogP contribution in [0.3, 0.4) is 0 Å². The second-order valence-corrected chi connectivity index (χ2v) is 7.19. The highest BCUT2D eigenvalue weighted by Crippen LogP contribution is 2.38. The summed E-state index contributed by atoms with van der Waals surface area (Å²) in [6.45, 7) is -3.49. The van der Waals surface area contributed by atoms with E-state index in [0.717, 1.165) is 0 Å². The van der Waals surface area contributed by atoms with Gasteiger partial charge < -0.3 is 15.3 Å². The largest absolute Gasteiger partial charge is 0.481 e. The summed E-state index contributed by atoms with van der Waals surface area (Å²) in [4.78, 5) is 22.8. The molecule has 5 nitrogen and oxygen atoms in total. The molecule has 1 aliphatic carbocycles. The lowest BCUT2D eigenvalue weighted by atomic mass is 9.84. The van der Waals surface area contributed by atoms with Crippen LogP contribution < -0.4 is 0 Å². The van der Waals surface area contributed by atoms with Crippen molar-refractivity contribution < 1.29 is 43.3 Å². The molecule has 27 heavy (non-hydrogen) atoms. The van der Waals surface area contributed by atoms with Crippen LogP contribution in [0.1, 0.15) is 93.4 Å². The molecule has 1 unspecified atom stereocenters. The summed E-state index contributed by atoms with van der Waals surface area (Å²) in [5.41, 5.74) is 0. The van der Waals surface area contributed by atoms with Gasteiger partial charge in [0.1, 0.15) is 11.9 Å². The number of hydrogen-bond acceptors (Lipinski definition) is 4. The minimum absolute atomic E-state index is 0.0433. The number of carboxylic acids is 1. The summed E-state index contributed by atoms with van der Waals surface area (Å²) in [6, 6.07) is 0. The van der Waals surface area contributed by atoms with Crippen molar-refractivity contribution >= 4 is 11.8 Å². The third kappa shape index (κ3) is 8.21. The van der Waals surface area contributed by atoms with Crippen LogP contribution in [0.4, 0.5) is 8.78 Å². The van der Waals surface area contributed by atoms with Gasteiger partial charge in [-0.15, -0.1) is 0 Å².